The Bertz CT molecular complexity index is 548. The van der Waals surface area contributed by atoms with Crippen molar-refractivity contribution in [2.75, 3.05) is 13.9 Å². The Morgan fingerprint density at radius 2 is 1.90 bits per heavy atom. The van der Waals surface area contributed by atoms with Gasteiger partial charge in [0.2, 0.25) is 5.67 Å². The maximum Gasteiger partial charge on any atom is 0.285 e. The van der Waals surface area contributed by atoms with Crippen LogP contribution in [-0.4, -0.2) is 19.5 Å². The van der Waals surface area contributed by atoms with Gasteiger partial charge in [0, 0.05) is 12.1 Å². The number of rotatable bonds is 6. The molecule has 0 aromatic heterocycles. The molecule has 1 atom stereocenters. The third-order valence-electron chi connectivity index (χ3n) is 2.77. The van der Waals surface area contributed by atoms with E-state index in [4.69, 9.17) is 16.3 Å². The normalized spacial score (nSPS) is 13.8. The average Bonchev–Trinajstić information content (AvgIpc) is 2.49. The van der Waals surface area contributed by atoms with Crippen molar-refractivity contribution in [1.29, 1.82) is 10.5 Å². The molecule has 0 aliphatic heterocycles. The summed E-state index contributed by atoms with van der Waals surface area (Å²) in [5.74, 6) is 0. The lowest BCUT2D eigenvalue weighted by Crippen LogP contribution is -2.48. The maximum absolute atomic E-state index is 15.2. The van der Waals surface area contributed by atoms with Crippen LogP contribution >= 0.6 is 11.6 Å². The number of alkyl halides is 1. The fourth-order valence-corrected chi connectivity index (χ4v) is 1.79. The first-order chi connectivity index (χ1) is 9.49. The van der Waals surface area contributed by atoms with E-state index in [9.17, 15) is 10.5 Å². The van der Waals surface area contributed by atoms with Crippen LogP contribution in [0.3, 0.4) is 0 Å². The number of ether oxygens (including phenoxy) is 2. The number of nitriles is 2. The van der Waals surface area contributed by atoms with Gasteiger partial charge >= 0.3 is 0 Å². The molecule has 0 unspecified atom stereocenters. The molecule has 1 aromatic carbocycles. The Morgan fingerprint density at radius 3 is 2.30 bits per heavy atom. The molecule has 4 nitrogen and oxygen atoms in total. The van der Waals surface area contributed by atoms with Gasteiger partial charge in [-0.2, -0.15) is 10.5 Å². The molecule has 104 valence electrons. The first-order valence-corrected chi connectivity index (χ1v) is 5.91. The second kappa shape index (κ2) is 6.49. The minimum absolute atomic E-state index is 0.0381. The zero-order valence-corrected chi connectivity index (χ0v) is 11.5. The lowest BCUT2D eigenvalue weighted by atomic mass is 9.80. The van der Waals surface area contributed by atoms with Crippen molar-refractivity contribution in [2.45, 2.75) is 11.3 Å². The van der Waals surface area contributed by atoms with E-state index in [-0.39, 0.29) is 5.56 Å². The van der Waals surface area contributed by atoms with E-state index in [1.54, 1.807) is 12.1 Å². The molecule has 1 rings (SSSR count). The number of hydrogen-bond donors (Lipinski definition) is 0. The van der Waals surface area contributed by atoms with Crippen molar-refractivity contribution in [1.82, 2.24) is 0 Å². The molecule has 0 radical (unpaired) electrons. The molecule has 0 heterocycles. The summed E-state index contributed by atoms with van der Waals surface area (Å²) in [7, 11) is 1.30. The summed E-state index contributed by atoms with van der Waals surface area (Å²) in [4.78, 5) is 0. The van der Waals surface area contributed by atoms with Gasteiger partial charge in [0.05, 0.1) is 0 Å². The molecule has 0 spiro atoms. The fraction of sp³-hybridized carbons (Fsp3) is 0.286. The average molecular weight is 295 g/mol. The molecule has 20 heavy (non-hydrogen) atoms. The van der Waals surface area contributed by atoms with Gasteiger partial charge in [-0.25, -0.2) is 4.39 Å². The van der Waals surface area contributed by atoms with Crippen molar-refractivity contribution in [3.63, 3.8) is 0 Å². The molecule has 0 bridgehead atoms. The molecule has 0 aliphatic carbocycles. The van der Waals surface area contributed by atoms with Gasteiger partial charge in [0.15, 0.2) is 0 Å². The monoisotopic (exact) mass is 294 g/mol. The Labute approximate surface area is 121 Å². The summed E-state index contributed by atoms with van der Waals surface area (Å²) in [5, 5.41) is 18.8. The summed E-state index contributed by atoms with van der Waals surface area (Å²) in [6.45, 7) is 2.96. The van der Waals surface area contributed by atoms with Crippen LogP contribution < -0.4 is 0 Å². The highest BCUT2D eigenvalue weighted by Gasteiger charge is 2.55. The first-order valence-electron chi connectivity index (χ1n) is 5.53. The first kappa shape index (κ1) is 16.1. The quantitative estimate of drug-likeness (QED) is 0.597. The van der Waals surface area contributed by atoms with Gasteiger partial charge < -0.3 is 9.47 Å². The van der Waals surface area contributed by atoms with E-state index in [1.165, 1.54) is 31.4 Å². The molecule has 0 saturated carbocycles. The highest BCUT2D eigenvalue weighted by Crippen LogP contribution is 2.41. The summed E-state index contributed by atoms with van der Waals surface area (Å²) in [5.41, 5.74) is -4.89. The van der Waals surface area contributed by atoms with E-state index >= 15 is 4.39 Å². The molecule has 0 saturated heterocycles. The Kier molecular flexibility index (Phi) is 5.24. The summed E-state index contributed by atoms with van der Waals surface area (Å²) in [6, 6.07) is 8.75. The second-order valence-electron chi connectivity index (χ2n) is 3.88. The lowest BCUT2D eigenvalue weighted by molar-refractivity contribution is -0.128. The third kappa shape index (κ3) is 2.66. The zero-order chi connectivity index (χ0) is 15.2. The third-order valence-corrected chi connectivity index (χ3v) is 3.02. The smallest absolute Gasteiger partial charge is 0.285 e. The van der Waals surface area contributed by atoms with Gasteiger partial charge in [0.25, 0.3) is 5.60 Å². The molecule has 1 aromatic rings. The molecule has 0 fully saturated rings. The molecule has 6 heteroatoms. The summed E-state index contributed by atoms with van der Waals surface area (Å²) >= 11 is 5.74. The van der Waals surface area contributed by atoms with Crippen molar-refractivity contribution < 1.29 is 13.9 Å². The van der Waals surface area contributed by atoms with Gasteiger partial charge in [0.1, 0.15) is 18.9 Å². The maximum atomic E-state index is 15.2. The fourth-order valence-electron chi connectivity index (χ4n) is 1.66. The van der Waals surface area contributed by atoms with Crippen LogP contribution in [0.2, 0.25) is 5.02 Å². The minimum Gasteiger partial charge on any atom is -0.359 e. The van der Waals surface area contributed by atoms with Crippen LogP contribution in [0.15, 0.2) is 36.9 Å². The van der Waals surface area contributed by atoms with E-state index in [1.807, 2.05) is 0 Å². The number of nitrogens with zero attached hydrogens (tertiary/aromatic N) is 2. The minimum atomic E-state index is -2.53. The molecule has 0 amide bonds. The van der Waals surface area contributed by atoms with E-state index in [2.05, 4.69) is 11.3 Å². The van der Waals surface area contributed by atoms with E-state index in [0.717, 1.165) is 6.08 Å². The Hall–Kier alpha value is -1.92. The zero-order valence-electron chi connectivity index (χ0n) is 10.8. The highest BCUT2D eigenvalue weighted by molar-refractivity contribution is 6.30. The topological polar surface area (TPSA) is 66.0 Å². The number of halogens is 2. The van der Waals surface area contributed by atoms with Crippen LogP contribution in [0.4, 0.5) is 4.39 Å². The summed E-state index contributed by atoms with van der Waals surface area (Å²) in [6.07, 6.45) is 0.859. The Balaban J connectivity index is 3.39. The molecule has 0 N–H and O–H groups in total. The van der Waals surface area contributed by atoms with E-state index < -0.39 is 18.1 Å². The number of benzene rings is 1. The molecular formula is C14H12ClFN2O2. The van der Waals surface area contributed by atoms with Crippen molar-refractivity contribution >= 4 is 11.6 Å². The van der Waals surface area contributed by atoms with Crippen LogP contribution in [0.5, 0.6) is 0 Å². The van der Waals surface area contributed by atoms with Crippen LogP contribution in [0.25, 0.3) is 0 Å². The predicted octanol–water partition coefficient (Wildman–Crippen LogP) is 3.10. The number of hydrogen-bond acceptors (Lipinski definition) is 4. The van der Waals surface area contributed by atoms with Crippen molar-refractivity contribution in [2.24, 2.45) is 0 Å². The van der Waals surface area contributed by atoms with Gasteiger partial charge in [-0.3, -0.25) is 0 Å². The van der Waals surface area contributed by atoms with Crippen LogP contribution in [0.1, 0.15) is 5.56 Å². The highest BCUT2D eigenvalue weighted by atomic mass is 35.5. The molecule has 0 aliphatic rings. The van der Waals surface area contributed by atoms with Crippen molar-refractivity contribution in [3.8, 4) is 12.1 Å². The number of methoxy groups -OCH3 is 1. The van der Waals surface area contributed by atoms with Gasteiger partial charge in [-0.1, -0.05) is 30.3 Å². The molecular weight excluding hydrogens is 283 g/mol. The largest absolute Gasteiger partial charge is 0.359 e. The van der Waals surface area contributed by atoms with Crippen LogP contribution in [0, 0.1) is 22.7 Å². The summed E-state index contributed by atoms with van der Waals surface area (Å²) < 4.78 is 24.9. The van der Waals surface area contributed by atoms with Gasteiger partial charge in [-0.15, -0.1) is 0 Å². The lowest BCUT2D eigenvalue weighted by Gasteiger charge is -2.32. The van der Waals surface area contributed by atoms with Crippen molar-refractivity contribution in [3.05, 3.63) is 47.5 Å². The van der Waals surface area contributed by atoms with Gasteiger partial charge in [-0.05, 0) is 23.8 Å². The predicted molar refractivity (Wildman–Crippen MR) is 71.4 cm³/mol. The standard InChI is InChI=1S/C14H12ClFN2O2/c1-3-14(16,11-4-6-12(15)7-5-11)13(8-17,9-18)20-10-19-2/h3-7H,1,10H2,2H3/t14-/m0/s1. The van der Waals surface area contributed by atoms with E-state index in [0.29, 0.717) is 5.02 Å². The Morgan fingerprint density at radius 1 is 1.35 bits per heavy atom. The second-order valence-corrected chi connectivity index (χ2v) is 4.31. The SMILES string of the molecule is C=C[C@](F)(c1ccc(Cl)cc1)C(C#N)(C#N)OCOC. The van der Waals surface area contributed by atoms with Crippen LogP contribution in [-0.2, 0) is 15.1 Å².